The van der Waals surface area contributed by atoms with Crippen molar-refractivity contribution < 1.29 is 4.39 Å². The van der Waals surface area contributed by atoms with Gasteiger partial charge in [-0.25, -0.2) is 4.39 Å². The molecule has 0 N–H and O–H groups in total. The van der Waals surface area contributed by atoms with E-state index in [1.165, 1.54) is 12.3 Å². The van der Waals surface area contributed by atoms with Gasteiger partial charge in [0.25, 0.3) is 0 Å². The fraction of sp³-hybridized carbons (Fsp3) is 0.200. The Hall–Kier alpha value is -1.22. The number of benzene rings is 1. The van der Waals surface area contributed by atoms with Gasteiger partial charge in [-0.3, -0.25) is 0 Å². The molecule has 2 nitrogen and oxygen atoms in total. The molecular weight excluding hydrogens is 203 g/mol. The lowest BCUT2D eigenvalue weighted by atomic mass is 10.1. The topological polar surface area (TPSA) is 25.8 Å². The van der Waals surface area contributed by atoms with Crippen LogP contribution in [-0.4, -0.2) is 10.2 Å². The summed E-state index contributed by atoms with van der Waals surface area (Å²) in [5.74, 6) is -0.241. The minimum Gasteiger partial charge on any atom is -0.207 e. The van der Waals surface area contributed by atoms with Crippen molar-refractivity contribution in [1.29, 1.82) is 0 Å². The summed E-state index contributed by atoms with van der Waals surface area (Å²) in [5.41, 5.74) is 1.23. The molecule has 0 unspecified atom stereocenters. The highest BCUT2D eigenvalue weighted by Gasteiger charge is 2.09. The molecule has 14 heavy (non-hydrogen) atoms. The number of fused-ring (bicyclic) bond motifs is 1. The van der Waals surface area contributed by atoms with E-state index in [0.29, 0.717) is 27.9 Å². The molecule has 0 atom stereocenters. The van der Waals surface area contributed by atoms with Crippen molar-refractivity contribution in [1.82, 2.24) is 10.2 Å². The van der Waals surface area contributed by atoms with E-state index in [1.807, 2.05) is 6.92 Å². The maximum atomic E-state index is 13.4. The number of rotatable bonds is 1. The first-order chi connectivity index (χ1) is 6.74. The zero-order chi connectivity index (χ0) is 10.1. The summed E-state index contributed by atoms with van der Waals surface area (Å²) in [6.07, 6.45) is 2.02. The van der Waals surface area contributed by atoms with Crippen LogP contribution in [0.2, 0.25) is 5.02 Å². The minimum absolute atomic E-state index is 0.241. The van der Waals surface area contributed by atoms with Crippen LogP contribution in [-0.2, 0) is 6.42 Å². The molecule has 0 bridgehead atoms. The minimum atomic E-state index is -0.241. The van der Waals surface area contributed by atoms with Gasteiger partial charge in [-0.05, 0) is 24.1 Å². The molecule has 4 heteroatoms. The first-order valence-electron chi connectivity index (χ1n) is 4.32. The molecule has 0 amide bonds. The van der Waals surface area contributed by atoms with Crippen LogP contribution < -0.4 is 0 Å². The van der Waals surface area contributed by atoms with E-state index in [4.69, 9.17) is 11.6 Å². The highest BCUT2D eigenvalue weighted by molar-refractivity contribution is 6.35. The summed E-state index contributed by atoms with van der Waals surface area (Å²) in [5, 5.41) is 8.72. The van der Waals surface area contributed by atoms with Crippen LogP contribution in [0.4, 0.5) is 4.39 Å². The molecule has 0 radical (unpaired) electrons. The number of halogens is 2. The molecule has 0 aliphatic rings. The first kappa shape index (κ1) is 9.34. The molecule has 0 spiro atoms. The predicted octanol–water partition coefficient (Wildman–Crippen LogP) is 2.98. The van der Waals surface area contributed by atoms with Gasteiger partial charge < -0.3 is 0 Å². The SMILES string of the molecule is CCc1c(F)ccc2nncc(Cl)c12. The molecule has 72 valence electrons. The second-order valence-corrected chi connectivity index (χ2v) is 3.37. The lowest BCUT2D eigenvalue weighted by Gasteiger charge is -2.05. The van der Waals surface area contributed by atoms with E-state index >= 15 is 0 Å². The molecule has 0 aliphatic carbocycles. The van der Waals surface area contributed by atoms with E-state index in [0.717, 1.165) is 0 Å². The summed E-state index contributed by atoms with van der Waals surface area (Å²) >= 11 is 5.94. The largest absolute Gasteiger partial charge is 0.207 e. The Morgan fingerprint density at radius 2 is 2.21 bits per heavy atom. The van der Waals surface area contributed by atoms with Gasteiger partial charge in [-0.1, -0.05) is 18.5 Å². The zero-order valence-corrected chi connectivity index (χ0v) is 8.35. The third-order valence-electron chi connectivity index (χ3n) is 2.16. The van der Waals surface area contributed by atoms with Crippen LogP contribution in [0.1, 0.15) is 12.5 Å². The van der Waals surface area contributed by atoms with Gasteiger partial charge in [0.15, 0.2) is 0 Å². The molecule has 0 saturated heterocycles. The molecule has 2 rings (SSSR count). The summed E-state index contributed by atoms with van der Waals surface area (Å²) in [7, 11) is 0. The molecule has 0 saturated carbocycles. The van der Waals surface area contributed by atoms with Crippen molar-refractivity contribution in [3.05, 3.63) is 34.7 Å². The van der Waals surface area contributed by atoms with Crippen LogP contribution in [0, 0.1) is 5.82 Å². The molecule has 0 aliphatic heterocycles. The van der Waals surface area contributed by atoms with Crippen LogP contribution in [0.5, 0.6) is 0 Å². The standard InChI is InChI=1S/C10H8ClFN2/c1-2-6-8(12)3-4-9-10(6)7(11)5-13-14-9/h3-5H,2H2,1H3. The lowest BCUT2D eigenvalue weighted by molar-refractivity contribution is 0.615. The maximum Gasteiger partial charge on any atom is 0.127 e. The number of hydrogen-bond acceptors (Lipinski definition) is 2. The van der Waals surface area contributed by atoms with Crippen molar-refractivity contribution in [2.75, 3.05) is 0 Å². The number of aromatic nitrogens is 2. The van der Waals surface area contributed by atoms with Crippen LogP contribution >= 0.6 is 11.6 Å². The van der Waals surface area contributed by atoms with Crippen molar-refractivity contribution in [3.8, 4) is 0 Å². The van der Waals surface area contributed by atoms with Gasteiger partial charge in [-0.2, -0.15) is 10.2 Å². The first-order valence-corrected chi connectivity index (χ1v) is 4.70. The Morgan fingerprint density at radius 3 is 2.93 bits per heavy atom. The maximum absolute atomic E-state index is 13.4. The zero-order valence-electron chi connectivity index (χ0n) is 7.59. The Morgan fingerprint density at radius 1 is 1.43 bits per heavy atom. The summed E-state index contributed by atoms with van der Waals surface area (Å²) in [6, 6.07) is 2.98. The van der Waals surface area contributed by atoms with Gasteiger partial charge in [0.2, 0.25) is 0 Å². The smallest absolute Gasteiger partial charge is 0.127 e. The van der Waals surface area contributed by atoms with E-state index in [2.05, 4.69) is 10.2 Å². The molecule has 0 fully saturated rings. The van der Waals surface area contributed by atoms with Crippen LogP contribution in [0.15, 0.2) is 18.3 Å². The average molecular weight is 211 g/mol. The normalized spacial score (nSPS) is 10.8. The number of aryl methyl sites for hydroxylation is 1. The molecule has 1 heterocycles. The summed E-state index contributed by atoms with van der Waals surface area (Å²) in [4.78, 5) is 0. The Bertz CT molecular complexity index is 485. The lowest BCUT2D eigenvalue weighted by Crippen LogP contribution is -1.93. The Labute approximate surface area is 85.7 Å². The number of nitrogens with zero attached hydrogens (tertiary/aromatic N) is 2. The van der Waals surface area contributed by atoms with Crippen molar-refractivity contribution in [2.24, 2.45) is 0 Å². The van der Waals surface area contributed by atoms with Gasteiger partial charge >= 0.3 is 0 Å². The highest BCUT2D eigenvalue weighted by atomic mass is 35.5. The van der Waals surface area contributed by atoms with Crippen molar-refractivity contribution in [2.45, 2.75) is 13.3 Å². The third-order valence-corrected chi connectivity index (χ3v) is 2.45. The highest BCUT2D eigenvalue weighted by Crippen LogP contribution is 2.26. The molecule has 1 aromatic carbocycles. The second-order valence-electron chi connectivity index (χ2n) is 2.97. The quantitative estimate of drug-likeness (QED) is 0.723. The van der Waals surface area contributed by atoms with E-state index < -0.39 is 0 Å². The van der Waals surface area contributed by atoms with Gasteiger partial charge in [0.1, 0.15) is 5.82 Å². The summed E-state index contributed by atoms with van der Waals surface area (Å²) < 4.78 is 13.4. The summed E-state index contributed by atoms with van der Waals surface area (Å²) in [6.45, 7) is 1.88. The Balaban J connectivity index is 2.91. The van der Waals surface area contributed by atoms with E-state index in [9.17, 15) is 4.39 Å². The predicted molar refractivity (Wildman–Crippen MR) is 53.9 cm³/mol. The average Bonchev–Trinajstić information content (AvgIpc) is 2.19. The molecule has 1 aromatic heterocycles. The third kappa shape index (κ3) is 1.34. The second kappa shape index (κ2) is 3.50. The van der Waals surface area contributed by atoms with Crippen LogP contribution in [0.25, 0.3) is 10.9 Å². The van der Waals surface area contributed by atoms with Gasteiger partial charge in [0.05, 0.1) is 16.7 Å². The molecule has 2 aromatic rings. The Kier molecular flexibility index (Phi) is 2.33. The fourth-order valence-corrected chi connectivity index (χ4v) is 1.77. The van der Waals surface area contributed by atoms with Gasteiger partial charge in [0, 0.05) is 5.39 Å². The van der Waals surface area contributed by atoms with Crippen molar-refractivity contribution >= 4 is 22.5 Å². The van der Waals surface area contributed by atoms with Crippen molar-refractivity contribution in [3.63, 3.8) is 0 Å². The van der Waals surface area contributed by atoms with E-state index in [1.54, 1.807) is 6.07 Å². The van der Waals surface area contributed by atoms with Gasteiger partial charge in [-0.15, -0.1) is 0 Å². The monoisotopic (exact) mass is 210 g/mol. The van der Waals surface area contributed by atoms with Crippen LogP contribution in [0.3, 0.4) is 0 Å². The number of hydrogen-bond donors (Lipinski definition) is 0. The van der Waals surface area contributed by atoms with E-state index in [-0.39, 0.29) is 5.82 Å². The molecular formula is C10H8ClFN2. The fourth-order valence-electron chi connectivity index (χ4n) is 1.51.